The standard InChI is InChI=1S/C18H12BrClF3NO/c19-14-7-5-12-10-24(17(25)16(12)15(20)8-14)9-11-2-1-3-13(6-4-11)18(21,22)23/h2-4,6-8H,1,9-10H2. The van der Waals surface area contributed by atoms with E-state index < -0.39 is 11.7 Å². The van der Waals surface area contributed by atoms with Gasteiger partial charge in [-0.2, -0.15) is 13.2 Å². The van der Waals surface area contributed by atoms with Crippen LogP contribution in [0.1, 0.15) is 6.42 Å². The van der Waals surface area contributed by atoms with E-state index >= 15 is 0 Å². The van der Waals surface area contributed by atoms with Crippen molar-refractivity contribution >= 4 is 33.4 Å². The third-order valence-electron chi connectivity index (χ3n) is 3.94. The Morgan fingerprint density at radius 2 is 2.04 bits per heavy atom. The highest BCUT2D eigenvalue weighted by Crippen LogP contribution is 2.33. The molecule has 0 radical (unpaired) electrons. The van der Waals surface area contributed by atoms with Crippen LogP contribution >= 0.6 is 27.5 Å². The number of alkyl halides is 3. The van der Waals surface area contributed by atoms with Crippen molar-refractivity contribution in [1.29, 1.82) is 0 Å². The quantitative estimate of drug-likeness (QED) is 0.560. The molecule has 0 atom stereocenters. The normalized spacial score (nSPS) is 20.7. The second kappa shape index (κ2) is 6.87. The number of hydrogen-bond acceptors (Lipinski definition) is 1. The van der Waals surface area contributed by atoms with Gasteiger partial charge in [0.2, 0.25) is 0 Å². The molecule has 0 N–H and O–H groups in total. The maximum Gasteiger partial charge on any atom is 0.416 e. The van der Waals surface area contributed by atoms with Gasteiger partial charge in [0.15, 0.2) is 0 Å². The first-order valence-electron chi connectivity index (χ1n) is 7.42. The van der Waals surface area contributed by atoms with Crippen molar-refractivity contribution in [2.45, 2.75) is 12.6 Å². The number of allylic oxidation sites excluding steroid dienone is 7. The molecule has 3 rings (SSSR count). The Labute approximate surface area is 156 Å². The number of carbonyl (C=O) groups excluding carboxylic acids is 1. The summed E-state index contributed by atoms with van der Waals surface area (Å²) in [5.74, 6) is -0.248. The largest absolute Gasteiger partial charge is 0.416 e. The van der Waals surface area contributed by atoms with Crippen molar-refractivity contribution in [3.05, 3.63) is 74.0 Å². The Bertz CT molecular complexity index is 852. The van der Waals surface area contributed by atoms with Crippen molar-refractivity contribution in [3.8, 4) is 0 Å². The average Bonchev–Trinajstić information content (AvgIpc) is 2.68. The Hall–Kier alpha value is -1.75. The van der Waals surface area contributed by atoms with E-state index in [1.165, 1.54) is 6.08 Å². The molecule has 1 saturated heterocycles. The van der Waals surface area contributed by atoms with E-state index in [1.807, 2.05) is 0 Å². The monoisotopic (exact) mass is 429 g/mol. The van der Waals surface area contributed by atoms with Gasteiger partial charge in [0.1, 0.15) is 0 Å². The molecule has 0 aromatic heterocycles. The predicted molar refractivity (Wildman–Crippen MR) is 94.0 cm³/mol. The minimum absolute atomic E-state index is 0.168. The van der Waals surface area contributed by atoms with Gasteiger partial charge in [-0.1, -0.05) is 51.8 Å². The fourth-order valence-corrected chi connectivity index (χ4v) is 3.52. The van der Waals surface area contributed by atoms with Crippen LogP contribution in [0.3, 0.4) is 0 Å². The third-order valence-corrected chi connectivity index (χ3v) is 4.69. The van der Waals surface area contributed by atoms with Crippen molar-refractivity contribution in [2.24, 2.45) is 0 Å². The number of likely N-dealkylation sites (tertiary alicyclic amines) is 1. The summed E-state index contributed by atoms with van der Waals surface area (Å²) in [5.41, 5.74) is 4.07. The molecule has 0 aromatic carbocycles. The van der Waals surface area contributed by atoms with E-state index in [9.17, 15) is 18.0 Å². The van der Waals surface area contributed by atoms with Gasteiger partial charge in [0, 0.05) is 16.6 Å². The van der Waals surface area contributed by atoms with E-state index in [0.717, 1.165) is 12.2 Å². The van der Waals surface area contributed by atoms with Crippen LogP contribution in [0.2, 0.25) is 0 Å². The van der Waals surface area contributed by atoms with Gasteiger partial charge in [-0.3, -0.25) is 4.79 Å². The first-order valence-corrected chi connectivity index (χ1v) is 8.59. The molecule has 1 fully saturated rings. The van der Waals surface area contributed by atoms with Crippen LogP contribution < -0.4 is 0 Å². The number of carbonyl (C=O) groups is 1. The zero-order chi connectivity index (χ0) is 18.2. The molecular weight excluding hydrogens is 419 g/mol. The van der Waals surface area contributed by atoms with Gasteiger partial charge in [0.25, 0.3) is 5.91 Å². The lowest BCUT2D eigenvalue weighted by Gasteiger charge is -2.15. The van der Waals surface area contributed by atoms with Gasteiger partial charge < -0.3 is 4.90 Å². The highest BCUT2D eigenvalue weighted by atomic mass is 79.9. The van der Waals surface area contributed by atoms with Crippen LogP contribution in [0, 0.1) is 0 Å². The lowest BCUT2D eigenvalue weighted by atomic mass is 10.1. The Morgan fingerprint density at radius 3 is 2.76 bits per heavy atom. The second-order valence-electron chi connectivity index (χ2n) is 5.69. The van der Waals surface area contributed by atoms with Crippen molar-refractivity contribution in [1.82, 2.24) is 4.90 Å². The molecule has 1 amide bonds. The topological polar surface area (TPSA) is 20.3 Å². The fraction of sp³-hybridized carbons (Fsp3) is 0.222. The van der Waals surface area contributed by atoms with E-state index in [0.29, 0.717) is 32.8 Å². The summed E-state index contributed by atoms with van der Waals surface area (Å²) in [7, 11) is 0. The SMILES string of the molecule is O=C1C2=C(Cl)C=C(Br)C=C=C2CN1CC1=CCC=C(C(F)(F)F)C=C1. The van der Waals surface area contributed by atoms with Gasteiger partial charge >= 0.3 is 6.18 Å². The molecule has 3 aliphatic rings. The first-order chi connectivity index (χ1) is 11.8. The zero-order valence-corrected chi connectivity index (χ0v) is 15.2. The lowest BCUT2D eigenvalue weighted by Crippen LogP contribution is -2.27. The van der Waals surface area contributed by atoms with Crippen molar-refractivity contribution < 1.29 is 18.0 Å². The minimum Gasteiger partial charge on any atom is -0.329 e. The Balaban J connectivity index is 1.79. The molecule has 2 nitrogen and oxygen atoms in total. The highest BCUT2D eigenvalue weighted by Gasteiger charge is 2.34. The van der Waals surface area contributed by atoms with Crippen LogP contribution in [0.15, 0.2) is 74.0 Å². The van der Waals surface area contributed by atoms with E-state index in [2.05, 4.69) is 21.7 Å². The summed E-state index contributed by atoms with van der Waals surface area (Å²) in [6.45, 7) is 0.539. The van der Waals surface area contributed by atoms with Crippen molar-refractivity contribution in [3.63, 3.8) is 0 Å². The van der Waals surface area contributed by atoms with Crippen LogP contribution in [0.25, 0.3) is 0 Å². The van der Waals surface area contributed by atoms with Crippen LogP contribution in [-0.2, 0) is 4.79 Å². The van der Waals surface area contributed by atoms with Crippen molar-refractivity contribution in [2.75, 3.05) is 13.1 Å². The number of fused-ring (bicyclic) bond motifs is 1. The maximum atomic E-state index is 12.8. The van der Waals surface area contributed by atoms with Gasteiger partial charge in [-0.25, -0.2) is 0 Å². The minimum atomic E-state index is -4.37. The molecule has 130 valence electrons. The molecule has 0 spiro atoms. The van der Waals surface area contributed by atoms with E-state index in [-0.39, 0.29) is 18.9 Å². The first kappa shape index (κ1) is 18.1. The Kier molecular flexibility index (Phi) is 4.96. The molecule has 7 heteroatoms. The van der Waals surface area contributed by atoms with Gasteiger partial charge in [-0.05, 0) is 24.1 Å². The number of halogens is 5. The molecular formula is C18H12BrClF3NO. The number of hydrogen-bond donors (Lipinski definition) is 0. The molecule has 0 saturated carbocycles. The summed E-state index contributed by atoms with van der Waals surface area (Å²) in [5, 5.41) is 0.321. The maximum absolute atomic E-state index is 12.8. The third kappa shape index (κ3) is 3.92. The number of rotatable bonds is 2. The molecule has 2 aliphatic carbocycles. The molecule has 0 bridgehead atoms. The van der Waals surface area contributed by atoms with Crippen LogP contribution in [0.5, 0.6) is 0 Å². The molecule has 1 heterocycles. The highest BCUT2D eigenvalue weighted by molar-refractivity contribution is 9.11. The van der Waals surface area contributed by atoms with Gasteiger partial charge in [0.05, 0.1) is 22.7 Å². The summed E-state index contributed by atoms with van der Waals surface area (Å²) in [4.78, 5) is 14.2. The number of amides is 1. The Morgan fingerprint density at radius 1 is 1.28 bits per heavy atom. The second-order valence-corrected chi connectivity index (χ2v) is 7.01. The van der Waals surface area contributed by atoms with Crippen LogP contribution in [0.4, 0.5) is 13.2 Å². The van der Waals surface area contributed by atoms with Crippen LogP contribution in [-0.4, -0.2) is 30.1 Å². The van der Waals surface area contributed by atoms with E-state index in [1.54, 1.807) is 23.1 Å². The van der Waals surface area contributed by atoms with Gasteiger partial charge in [-0.15, -0.1) is 5.73 Å². The molecule has 0 unspecified atom stereocenters. The molecule has 1 aliphatic heterocycles. The van der Waals surface area contributed by atoms with E-state index in [4.69, 9.17) is 11.6 Å². The number of nitrogens with zero attached hydrogens (tertiary/aromatic N) is 1. The summed E-state index contributed by atoms with van der Waals surface area (Å²) in [6, 6.07) is 0. The summed E-state index contributed by atoms with van der Waals surface area (Å²) < 4.78 is 39.0. The summed E-state index contributed by atoms with van der Waals surface area (Å²) in [6.07, 6.45) is 4.38. The molecule has 25 heavy (non-hydrogen) atoms. The summed E-state index contributed by atoms with van der Waals surface area (Å²) >= 11 is 9.50. The average molecular weight is 431 g/mol. The zero-order valence-electron chi connectivity index (χ0n) is 12.8. The fourth-order valence-electron chi connectivity index (χ4n) is 2.73. The lowest BCUT2D eigenvalue weighted by molar-refractivity contribution is -0.124. The predicted octanol–water partition coefficient (Wildman–Crippen LogP) is 5.07. The molecule has 0 aromatic rings. The smallest absolute Gasteiger partial charge is 0.329 e.